The number of allylic oxidation sites excluding steroid dienone is 2. The molecule has 0 spiro atoms. The van der Waals surface area contributed by atoms with Crippen molar-refractivity contribution >= 4 is 43.3 Å². The van der Waals surface area contributed by atoms with Gasteiger partial charge in [-0.05, 0) is 28.2 Å². The highest BCUT2D eigenvalue weighted by molar-refractivity contribution is 9.09. The van der Waals surface area contributed by atoms with E-state index in [2.05, 4.69) is 33.7 Å². The number of rotatable bonds is 7. The first-order valence-corrected chi connectivity index (χ1v) is 12.6. The first-order chi connectivity index (χ1) is 14.4. The summed E-state index contributed by atoms with van der Waals surface area (Å²) in [6.45, 7) is 0. The lowest BCUT2D eigenvalue weighted by Gasteiger charge is -2.39. The molecular weight excluding hydrogens is 446 g/mol. The van der Waals surface area contributed by atoms with Crippen LogP contribution < -0.4 is 5.32 Å². The van der Waals surface area contributed by atoms with E-state index in [1.165, 1.54) is 44.3 Å². The summed E-state index contributed by atoms with van der Waals surface area (Å²) in [7, 11) is 8.58. The molecule has 30 heavy (non-hydrogen) atoms. The number of aliphatic hydroxyl groups is 1. The lowest BCUT2D eigenvalue weighted by atomic mass is 9.73. The maximum atomic E-state index is 13.2. The SMILES string of the molecule is COC(=O)NC1=C2/C(=C/CSSSC)[C@](O)(C#C/C=C/C#C[C@@H]2OC)[C@H](OC)C1=O. The van der Waals surface area contributed by atoms with Gasteiger partial charge in [0.2, 0.25) is 5.78 Å². The van der Waals surface area contributed by atoms with Crippen LogP contribution in [0.2, 0.25) is 0 Å². The molecule has 10 heteroatoms. The second-order valence-corrected chi connectivity index (χ2v) is 10.2. The van der Waals surface area contributed by atoms with E-state index in [0.717, 1.165) is 0 Å². The number of hydrogen-bond acceptors (Lipinski definition) is 9. The molecule has 2 aliphatic carbocycles. The molecule has 0 aromatic carbocycles. The summed E-state index contributed by atoms with van der Waals surface area (Å²) in [4.78, 5) is 25.2. The van der Waals surface area contributed by atoms with Gasteiger partial charge >= 0.3 is 6.09 Å². The van der Waals surface area contributed by atoms with Gasteiger partial charge in [-0.1, -0.05) is 51.3 Å². The van der Waals surface area contributed by atoms with Gasteiger partial charge in [0.25, 0.3) is 0 Å². The number of ether oxygens (including phenoxy) is 3. The fraction of sp³-hybridized carbons (Fsp3) is 0.400. The molecule has 0 heterocycles. The zero-order chi connectivity index (χ0) is 22.1. The minimum absolute atomic E-state index is 0.111. The lowest BCUT2D eigenvalue weighted by molar-refractivity contribution is -0.136. The summed E-state index contributed by atoms with van der Waals surface area (Å²) in [6.07, 6.45) is 3.54. The predicted molar refractivity (Wildman–Crippen MR) is 120 cm³/mol. The molecule has 0 unspecified atom stereocenters. The standard InChI is InChI=1S/C20H21NO6S3/c1-25-14-9-7-5-6-8-11-20(24)13(10-12-29-30-28-4)15(14)16(21-19(23)27-3)17(22)18(20)26-2/h5-6,10,14,18,24H,12H2,1-4H3,(H,21,23)/b6-5+,13-10-/t14-,18+,20+/m0/s1. The molecule has 0 saturated heterocycles. The number of Topliss-reactive ketones (excluding diaryl/α,β-unsaturated/α-hetero) is 1. The fourth-order valence-electron chi connectivity index (χ4n) is 2.97. The molecule has 0 aromatic heterocycles. The van der Waals surface area contributed by atoms with Gasteiger partial charge < -0.3 is 19.3 Å². The minimum Gasteiger partial charge on any atom is -0.453 e. The Kier molecular flexibility index (Phi) is 9.43. The largest absolute Gasteiger partial charge is 0.453 e. The van der Waals surface area contributed by atoms with Crippen LogP contribution in [0.1, 0.15) is 0 Å². The molecule has 0 radical (unpaired) electrons. The van der Waals surface area contributed by atoms with Crippen LogP contribution in [0.4, 0.5) is 4.79 Å². The van der Waals surface area contributed by atoms with E-state index in [0.29, 0.717) is 11.3 Å². The Morgan fingerprint density at radius 1 is 1.30 bits per heavy atom. The molecule has 3 atom stereocenters. The fourth-order valence-corrected chi connectivity index (χ4v) is 5.38. The normalized spacial score (nSPS) is 27.5. The van der Waals surface area contributed by atoms with Gasteiger partial charge in [-0.25, -0.2) is 4.79 Å². The quantitative estimate of drug-likeness (QED) is 0.332. The van der Waals surface area contributed by atoms with Gasteiger partial charge in [-0.2, -0.15) is 0 Å². The minimum atomic E-state index is -1.97. The van der Waals surface area contributed by atoms with E-state index in [-0.39, 0.29) is 11.3 Å². The van der Waals surface area contributed by atoms with Crippen LogP contribution in [0, 0.1) is 23.7 Å². The van der Waals surface area contributed by atoms with Crippen LogP contribution in [-0.4, -0.2) is 68.1 Å². The van der Waals surface area contributed by atoms with Crippen molar-refractivity contribution in [2.75, 3.05) is 33.3 Å². The van der Waals surface area contributed by atoms with Gasteiger partial charge in [0.05, 0.1) is 12.8 Å². The predicted octanol–water partition coefficient (Wildman–Crippen LogP) is 2.10. The molecule has 0 aromatic rings. The van der Waals surface area contributed by atoms with Crippen molar-refractivity contribution in [1.82, 2.24) is 5.32 Å². The van der Waals surface area contributed by atoms with E-state index in [1.807, 2.05) is 6.26 Å². The first-order valence-electron chi connectivity index (χ1n) is 8.57. The third-order valence-corrected chi connectivity index (χ3v) is 7.91. The smallest absolute Gasteiger partial charge is 0.411 e. The zero-order valence-corrected chi connectivity index (χ0v) is 19.3. The molecule has 0 aliphatic heterocycles. The van der Waals surface area contributed by atoms with Crippen LogP contribution >= 0.6 is 31.4 Å². The second kappa shape index (κ2) is 11.6. The van der Waals surface area contributed by atoms with Crippen LogP contribution in [0.5, 0.6) is 0 Å². The summed E-state index contributed by atoms with van der Waals surface area (Å²) in [6, 6.07) is 0. The van der Waals surface area contributed by atoms with Crippen LogP contribution in [0.25, 0.3) is 0 Å². The average molecular weight is 468 g/mol. The average Bonchev–Trinajstić information content (AvgIpc) is 2.74. The summed E-state index contributed by atoms with van der Waals surface area (Å²) >= 11 is 0. The van der Waals surface area contributed by atoms with Crippen molar-refractivity contribution in [2.45, 2.75) is 17.8 Å². The first kappa shape index (κ1) is 24.5. The highest BCUT2D eigenvalue weighted by Crippen LogP contribution is 2.40. The Labute approximate surface area is 187 Å². The van der Waals surface area contributed by atoms with Gasteiger partial charge in [-0.3, -0.25) is 10.1 Å². The zero-order valence-electron chi connectivity index (χ0n) is 16.8. The molecule has 0 saturated carbocycles. The highest BCUT2D eigenvalue weighted by Gasteiger charge is 2.52. The van der Waals surface area contributed by atoms with Gasteiger partial charge in [-0.15, -0.1) is 0 Å². The molecule has 0 fully saturated rings. The molecular formula is C20H21NO6S3. The van der Waals surface area contributed by atoms with E-state index in [4.69, 9.17) is 9.47 Å². The molecule has 2 rings (SSSR count). The van der Waals surface area contributed by atoms with E-state index in [1.54, 1.807) is 26.7 Å². The van der Waals surface area contributed by atoms with Gasteiger partial charge in [0, 0.05) is 31.1 Å². The maximum Gasteiger partial charge on any atom is 0.411 e. The molecule has 2 aliphatic rings. The van der Waals surface area contributed by atoms with Crippen molar-refractivity contribution < 1.29 is 28.9 Å². The Balaban J connectivity index is 2.82. The number of ketones is 1. The van der Waals surface area contributed by atoms with Crippen molar-refractivity contribution in [1.29, 1.82) is 0 Å². The summed E-state index contributed by atoms with van der Waals surface area (Å²) < 4.78 is 15.5. The number of amides is 1. The monoisotopic (exact) mass is 467 g/mol. The highest BCUT2D eigenvalue weighted by atomic mass is 33.5. The Bertz CT molecular complexity index is 905. The lowest BCUT2D eigenvalue weighted by Crippen LogP contribution is -2.56. The number of carbonyl (C=O) groups excluding carboxylic acids is 2. The number of fused-ring (bicyclic) bond motifs is 2. The van der Waals surface area contributed by atoms with Gasteiger partial charge in [0.1, 0.15) is 6.10 Å². The summed E-state index contributed by atoms with van der Waals surface area (Å²) in [5.74, 6) is 11.0. The van der Waals surface area contributed by atoms with Crippen molar-refractivity contribution in [3.63, 3.8) is 0 Å². The van der Waals surface area contributed by atoms with E-state index < -0.39 is 29.7 Å². The van der Waals surface area contributed by atoms with Crippen molar-refractivity contribution in [2.24, 2.45) is 0 Å². The van der Waals surface area contributed by atoms with Crippen LogP contribution in [0.3, 0.4) is 0 Å². The third kappa shape index (κ3) is 5.27. The molecule has 160 valence electrons. The molecule has 1 amide bonds. The van der Waals surface area contributed by atoms with E-state index in [9.17, 15) is 14.7 Å². The third-order valence-electron chi connectivity index (χ3n) is 4.18. The maximum absolute atomic E-state index is 13.2. The molecule has 2 N–H and O–H groups in total. The number of methoxy groups -OCH3 is 3. The number of hydrogen-bond donors (Lipinski definition) is 2. The van der Waals surface area contributed by atoms with Gasteiger partial charge in [0.15, 0.2) is 11.7 Å². The number of nitrogens with one attached hydrogen (secondary N) is 1. The summed E-state index contributed by atoms with van der Waals surface area (Å²) in [5, 5.41) is 14.0. The number of alkyl carbamates (subject to hydrolysis) is 1. The Hall–Kier alpha value is -1.79. The van der Waals surface area contributed by atoms with Crippen LogP contribution in [-0.2, 0) is 19.0 Å². The van der Waals surface area contributed by atoms with Crippen molar-refractivity contribution in [3.05, 3.63) is 35.1 Å². The molecule has 7 nitrogen and oxygen atoms in total. The Morgan fingerprint density at radius 3 is 2.67 bits per heavy atom. The Morgan fingerprint density at radius 2 is 2.03 bits per heavy atom. The molecule has 2 bridgehead atoms. The van der Waals surface area contributed by atoms with Crippen molar-refractivity contribution in [3.8, 4) is 23.7 Å². The van der Waals surface area contributed by atoms with E-state index >= 15 is 0 Å². The number of carbonyl (C=O) groups is 2. The summed E-state index contributed by atoms with van der Waals surface area (Å²) in [5.41, 5.74) is -1.57. The van der Waals surface area contributed by atoms with Crippen LogP contribution in [0.15, 0.2) is 35.1 Å². The second-order valence-electron chi connectivity index (χ2n) is 5.80. The topological polar surface area (TPSA) is 94.1 Å².